The lowest BCUT2D eigenvalue weighted by Gasteiger charge is -2.34. The molecule has 1 fully saturated rings. The largest absolute Gasteiger partial charge is 0.493 e. The van der Waals surface area contributed by atoms with Crippen LogP contribution in [0.2, 0.25) is 0 Å². The Kier molecular flexibility index (Phi) is 8.53. The summed E-state index contributed by atoms with van der Waals surface area (Å²) in [5.74, 6) is 1.18. The molecule has 0 aliphatic carbocycles. The molecule has 1 saturated heterocycles. The van der Waals surface area contributed by atoms with Crippen LogP contribution >= 0.6 is 0 Å². The Hall–Kier alpha value is -2.32. The first-order valence-corrected chi connectivity index (χ1v) is 9.69. The molecule has 156 valence electrons. The van der Waals surface area contributed by atoms with Crippen molar-refractivity contribution in [2.24, 2.45) is 0 Å². The lowest BCUT2D eigenvalue weighted by atomic mass is 10.1. The minimum atomic E-state index is -0.515. The quantitative estimate of drug-likeness (QED) is 0.635. The van der Waals surface area contributed by atoms with E-state index < -0.39 is 6.04 Å². The summed E-state index contributed by atoms with van der Waals surface area (Å²) in [6.45, 7) is 8.65. The zero-order valence-corrected chi connectivity index (χ0v) is 17.3. The van der Waals surface area contributed by atoms with Crippen LogP contribution in [0.25, 0.3) is 0 Å². The second-order valence-corrected chi connectivity index (χ2v) is 6.93. The van der Waals surface area contributed by atoms with Gasteiger partial charge in [0.15, 0.2) is 11.5 Å². The molecule has 0 unspecified atom stereocenters. The van der Waals surface area contributed by atoms with Crippen molar-refractivity contribution in [2.45, 2.75) is 26.4 Å². The molecule has 2 rings (SSSR count). The molecule has 0 saturated carbocycles. The van der Waals surface area contributed by atoms with Gasteiger partial charge in [0.1, 0.15) is 6.04 Å². The van der Waals surface area contributed by atoms with Crippen molar-refractivity contribution >= 4 is 11.8 Å². The molecular formula is C20H32N4O4. The molecule has 28 heavy (non-hydrogen) atoms. The highest BCUT2D eigenvalue weighted by Crippen LogP contribution is 2.28. The Balaban J connectivity index is 1.77. The third-order valence-electron chi connectivity index (χ3n) is 4.81. The van der Waals surface area contributed by atoms with Gasteiger partial charge in [-0.1, -0.05) is 6.07 Å². The standard InChI is InChI=1S/C20H32N4O4/c1-5-21-20(26)15(2)22-19(25)14-24-10-8-23(9-11-24)13-16-6-7-17(27-3)18(12-16)28-4/h6-7,12,15H,5,8-11,13-14H2,1-4H3,(H,21,26)(H,22,25)/t15-/m1/s1. The molecular weight excluding hydrogens is 360 g/mol. The maximum atomic E-state index is 12.2. The van der Waals surface area contributed by atoms with Crippen LogP contribution in [0.1, 0.15) is 19.4 Å². The number of carbonyl (C=O) groups is 2. The number of nitrogens with zero attached hydrogens (tertiary/aromatic N) is 2. The third-order valence-corrected chi connectivity index (χ3v) is 4.81. The average molecular weight is 393 g/mol. The Bertz CT molecular complexity index is 660. The second-order valence-electron chi connectivity index (χ2n) is 6.93. The third kappa shape index (κ3) is 6.38. The Morgan fingerprint density at radius 2 is 1.71 bits per heavy atom. The molecule has 1 atom stereocenters. The molecule has 8 heteroatoms. The topological polar surface area (TPSA) is 83.1 Å². The monoisotopic (exact) mass is 392 g/mol. The number of carbonyl (C=O) groups excluding carboxylic acids is 2. The van der Waals surface area contributed by atoms with Crippen molar-refractivity contribution in [2.75, 3.05) is 53.5 Å². The van der Waals surface area contributed by atoms with Crippen molar-refractivity contribution in [1.82, 2.24) is 20.4 Å². The predicted octanol–water partition coefficient (Wildman–Crippen LogP) is 0.462. The maximum Gasteiger partial charge on any atom is 0.242 e. The van der Waals surface area contributed by atoms with Crippen LogP contribution in [-0.4, -0.2) is 81.1 Å². The van der Waals surface area contributed by atoms with E-state index in [2.05, 4.69) is 20.4 Å². The van der Waals surface area contributed by atoms with E-state index >= 15 is 0 Å². The first-order chi connectivity index (χ1) is 13.5. The molecule has 2 N–H and O–H groups in total. The maximum absolute atomic E-state index is 12.2. The van der Waals surface area contributed by atoms with E-state index in [1.165, 1.54) is 5.56 Å². The van der Waals surface area contributed by atoms with Crippen LogP contribution in [0.15, 0.2) is 18.2 Å². The van der Waals surface area contributed by atoms with E-state index in [0.29, 0.717) is 13.1 Å². The van der Waals surface area contributed by atoms with Crippen molar-refractivity contribution in [3.63, 3.8) is 0 Å². The molecule has 1 aromatic rings. The highest BCUT2D eigenvalue weighted by molar-refractivity contribution is 5.87. The van der Waals surface area contributed by atoms with Gasteiger partial charge >= 0.3 is 0 Å². The molecule has 1 heterocycles. The summed E-state index contributed by atoms with van der Waals surface area (Å²) in [4.78, 5) is 28.3. The van der Waals surface area contributed by atoms with Gasteiger partial charge in [0.2, 0.25) is 11.8 Å². The van der Waals surface area contributed by atoms with Crippen LogP contribution in [0.4, 0.5) is 0 Å². The van der Waals surface area contributed by atoms with Crippen LogP contribution < -0.4 is 20.1 Å². The Labute approximate surface area is 167 Å². The zero-order chi connectivity index (χ0) is 20.5. The van der Waals surface area contributed by atoms with Crippen molar-refractivity contribution in [1.29, 1.82) is 0 Å². The SMILES string of the molecule is CCNC(=O)[C@@H](C)NC(=O)CN1CCN(Cc2ccc(OC)c(OC)c2)CC1. The Morgan fingerprint density at radius 3 is 2.32 bits per heavy atom. The number of ether oxygens (including phenoxy) is 2. The fourth-order valence-corrected chi connectivity index (χ4v) is 3.23. The first kappa shape index (κ1) is 22.0. The number of methoxy groups -OCH3 is 2. The van der Waals surface area contributed by atoms with Crippen molar-refractivity contribution in [3.05, 3.63) is 23.8 Å². The summed E-state index contributed by atoms with van der Waals surface area (Å²) >= 11 is 0. The van der Waals surface area contributed by atoms with Gasteiger partial charge in [-0.05, 0) is 31.5 Å². The molecule has 8 nitrogen and oxygen atoms in total. The first-order valence-electron chi connectivity index (χ1n) is 9.69. The predicted molar refractivity (Wildman–Crippen MR) is 108 cm³/mol. The smallest absolute Gasteiger partial charge is 0.242 e. The van der Waals surface area contributed by atoms with Crippen LogP contribution in [0, 0.1) is 0 Å². The summed E-state index contributed by atoms with van der Waals surface area (Å²) in [6, 6.07) is 5.45. The lowest BCUT2D eigenvalue weighted by Crippen LogP contribution is -2.51. The number of benzene rings is 1. The van der Waals surface area contributed by atoms with Gasteiger partial charge in [-0.2, -0.15) is 0 Å². The van der Waals surface area contributed by atoms with E-state index in [1.807, 2.05) is 25.1 Å². The fraction of sp³-hybridized carbons (Fsp3) is 0.600. The molecule has 0 aromatic heterocycles. The van der Waals surface area contributed by atoms with E-state index in [9.17, 15) is 9.59 Å². The molecule has 1 aliphatic rings. The molecule has 1 aromatic carbocycles. The van der Waals surface area contributed by atoms with Gasteiger partial charge in [0.25, 0.3) is 0 Å². The van der Waals surface area contributed by atoms with Crippen molar-refractivity contribution in [3.8, 4) is 11.5 Å². The van der Waals surface area contributed by atoms with Crippen LogP contribution in [0.3, 0.4) is 0 Å². The van der Waals surface area contributed by atoms with Gasteiger partial charge in [0.05, 0.1) is 20.8 Å². The van der Waals surface area contributed by atoms with E-state index in [1.54, 1.807) is 21.1 Å². The van der Waals surface area contributed by atoms with E-state index in [4.69, 9.17) is 9.47 Å². The van der Waals surface area contributed by atoms with Gasteiger partial charge in [-0.25, -0.2) is 0 Å². The molecule has 0 bridgehead atoms. The van der Waals surface area contributed by atoms with Gasteiger partial charge in [0, 0.05) is 39.3 Å². The normalized spacial score (nSPS) is 16.3. The van der Waals surface area contributed by atoms with Gasteiger partial charge in [-0.15, -0.1) is 0 Å². The number of amides is 2. The second kappa shape index (κ2) is 10.9. The molecule has 0 radical (unpaired) electrons. The number of nitrogens with one attached hydrogen (secondary N) is 2. The number of hydrogen-bond acceptors (Lipinski definition) is 6. The number of rotatable bonds is 9. The summed E-state index contributed by atoms with van der Waals surface area (Å²) in [7, 11) is 3.27. The van der Waals surface area contributed by atoms with Crippen LogP contribution in [0.5, 0.6) is 11.5 Å². The summed E-state index contributed by atoms with van der Waals surface area (Å²) in [6.07, 6.45) is 0. The molecule has 1 aliphatic heterocycles. The summed E-state index contributed by atoms with van der Waals surface area (Å²) in [5, 5.41) is 5.46. The number of piperazine rings is 1. The zero-order valence-electron chi connectivity index (χ0n) is 17.3. The number of hydrogen-bond donors (Lipinski definition) is 2. The average Bonchev–Trinajstić information content (AvgIpc) is 2.69. The summed E-state index contributed by atoms with van der Waals surface area (Å²) in [5.41, 5.74) is 1.17. The fourth-order valence-electron chi connectivity index (χ4n) is 3.23. The lowest BCUT2D eigenvalue weighted by molar-refractivity contribution is -0.129. The van der Waals surface area contributed by atoms with E-state index in [0.717, 1.165) is 44.2 Å². The van der Waals surface area contributed by atoms with E-state index in [-0.39, 0.29) is 11.8 Å². The van der Waals surface area contributed by atoms with Crippen LogP contribution in [-0.2, 0) is 16.1 Å². The highest BCUT2D eigenvalue weighted by Gasteiger charge is 2.21. The molecule has 0 spiro atoms. The Morgan fingerprint density at radius 1 is 1.07 bits per heavy atom. The van der Waals surface area contributed by atoms with Gasteiger partial charge in [-0.3, -0.25) is 19.4 Å². The van der Waals surface area contributed by atoms with Gasteiger partial charge < -0.3 is 20.1 Å². The number of likely N-dealkylation sites (N-methyl/N-ethyl adjacent to an activating group) is 1. The highest BCUT2D eigenvalue weighted by atomic mass is 16.5. The summed E-state index contributed by atoms with van der Waals surface area (Å²) < 4.78 is 10.6. The molecule has 2 amide bonds. The van der Waals surface area contributed by atoms with Crippen molar-refractivity contribution < 1.29 is 19.1 Å². The minimum absolute atomic E-state index is 0.118. The minimum Gasteiger partial charge on any atom is -0.493 e.